The Morgan fingerprint density at radius 3 is 2.43 bits per heavy atom. The van der Waals surface area contributed by atoms with E-state index in [4.69, 9.17) is 9.84 Å². The topological polar surface area (TPSA) is 80.7 Å². The second-order valence-corrected chi connectivity index (χ2v) is 4.61. The molecule has 0 heterocycles. The highest BCUT2D eigenvalue weighted by Gasteiger charge is 2.32. The maximum Gasteiger partial charge on any atom is 0.335 e. The molecule has 0 unspecified atom stereocenters. The number of rotatable bonds is 2. The number of aromatic carboxylic acids is 1. The minimum absolute atomic E-state index is 0.0266. The Morgan fingerprint density at radius 1 is 1.00 bits per heavy atom. The molecule has 5 nitrogen and oxygen atoms in total. The molecule has 2 aromatic carbocycles. The molecule has 1 aliphatic carbocycles. The van der Waals surface area contributed by atoms with Crippen LogP contribution in [0.25, 0.3) is 0 Å². The molecule has 21 heavy (non-hydrogen) atoms. The Hall–Kier alpha value is -2.95. The second-order valence-electron chi connectivity index (χ2n) is 4.61. The van der Waals surface area contributed by atoms with Gasteiger partial charge in [-0.1, -0.05) is 12.1 Å². The van der Waals surface area contributed by atoms with Gasteiger partial charge < -0.3 is 9.84 Å². The first-order valence-corrected chi connectivity index (χ1v) is 6.18. The smallest absolute Gasteiger partial charge is 0.335 e. The number of hydrogen-bond acceptors (Lipinski definition) is 4. The SMILES string of the molecule is COc1cccc2c1C(=O)c1ccc(C(=O)O)cc1C2=O. The molecule has 0 spiro atoms. The van der Waals surface area contributed by atoms with Crippen LogP contribution < -0.4 is 4.74 Å². The lowest BCUT2D eigenvalue weighted by atomic mass is 9.83. The number of carboxylic acids is 1. The number of ether oxygens (including phenoxy) is 1. The fraction of sp³-hybridized carbons (Fsp3) is 0.0625. The number of fused-ring (bicyclic) bond motifs is 2. The number of ketones is 2. The van der Waals surface area contributed by atoms with Crippen LogP contribution in [0.3, 0.4) is 0 Å². The summed E-state index contributed by atoms with van der Waals surface area (Å²) in [5.74, 6) is -1.52. The summed E-state index contributed by atoms with van der Waals surface area (Å²) in [4.78, 5) is 36.0. The summed E-state index contributed by atoms with van der Waals surface area (Å²) in [5.41, 5.74) is 0.735. The van der Waals surface area contributed by atoms with E-state index < -0.39 is 5.97 Å². The lowest BCUT2D eigenvalue weighted by Crippen LogP contribution is -2.22. The number of carbonyl (C=O) groups excluding carboxylic acids is 2. The standard InChI is InChI=1S/C16H10O5/c1-21-12-4-2-3-10-13(12)15(18)9-6-5-8(16(19)20)7-11(9)14(10)17/h2-7H,1H3,(H,19,20). The molecule has 0 aromatic heterocycles. The molecule has 0 saturated carbocycles. The van der Waals surface area contributed by atoms with Gasteiger partial charge in [0.25, 0.3) is 0 Å². The number of hydrogen-bond donors (Lipinski definition) is 1. The number of methoxy groups -OCH3 is 1. The molecular formula is C16H10O5. The molecule has 2 aromatic rings. The highest BCUT2D eigenvalue weighted by Crippen LogP contribution is 2.33. The van der Waals surface area contributed by atoms with E-state index in [1.54, 1.807) is 12.1 Å². The molecule has 0 aliphatic heterocycles. The summed E-state index contributed by atoms with van der Waals surface area (Å²) < 4.78 is 5.14. The molecule has 3 rings (SSSR count). The van der Waals surface area contributed by atoms with Crippen LogP contribution in [-0.2, 0) is 0 Å². The Morgan fingerprint density at radius 2 is 1.76 bits per heavy atom. The fourth-order valence-electron chi connectivity index (χ4n) is 2.47. The van der Waals surface area contributed by atoms with Crippen LogP contribution in [0.5, 0.6) is 5.75 Å². The fourth-order valence-corrected chi connectivity index (χ4v) is 2.47. The monoisotopic (exact) mass is 282 g/mol. The number of carboxylic acid groups (broad SMARTS) is 1. The van der Waals surface area contributed by atoms with Gasteiger partial charge in [-0.05, 0) is 24.3 Å². The van der Waals surface area contributed by atoms with Gasteiger partial charge in [0.05, 0.1) is 18.2 Å². The van der Waals surface area contributed by atoms with E-state index in [1.807, 2.05) is 0 Å². The molecule has 0 fully saturated rings. The van der Waals surface area contributed by atoms with Gasteiger partial charge in [-0.15, -0.1) is 0 Å². The lowest BCUT2D eigenvalue weighted by molar-refractivity contribution is 0.0696. The molecule has 0 saturated heterocycles. The Balaban J connectivity index is 2.27. The van der Waals surface area contributed by atoms with E-state index in [9.17, 15) is 14.4 Å². The van der Waals surface area contributed by atoms with Crippen LogP contribution >= 0.6 is 0 Å². The van der Waals surface area contributed by atoms with Crippen molar-refractivity contribution in [3.63, 3.8) is 0 Å². The van der Waals surface area contributed by atoms with Crippen molar-refractivity contribution in [2.45, 2.75) is 0 Å². The zero-order chi connectivity index (χ0) is 15.1. The third-order valence-corrected chi connectivity index (χ3v) is 3.47. The van der Waals surface area contributed by atoms with Gasteiger partial charge in [-0.3, -0.25) is 9.59 Å². The van der Waals surface area contributed by atoms with E-state index >= 15 is 0 Å². The maximum absolute atomic E-state index is 12.5. The first-order valence-electron chi connectivity index (χ1n) is 6.18. The van der Waals surface area contributed by atoms with Crippen molar-refractivity contribution in [1.82, 2.24) is 0 Å². The third-order valence-electron chi connectivity index (χ3n) is 3.47. The van der Waals surface area contributed by atoms with E-state index in [0.29, 0.717) is 5.75 Å². The average Bonchev–Trinajstić information content (AvgIpc) is 2.51. The highest BCUT2D eigenvalue weighted by molar-refractivity contribution is 6.29. The number of carbonyl (C=O) groups is 3. The normalized spacial score (nSPS) is 12.6. The summed E-state index contributed by atoms with van der Waals surface area (Å²) in [6.07, 6.45) is 0. The van der Waals surface area contributed by atoms with Crippen LogP contribution in [0.2, 0.25) is 0 Å². The van der Waals surface area contributed by atoms with Gasteiger partial charge >= 0.3 is 5.97 Å². The minimum atomic E-state index is -1.14. The molecule has 104 valence electrons. The predicted octanol–water partition coefficient (Wildman–Crippen LogP) is 2.17. The summed E-state index contributed by atoms with van der Waals surface area (Å²) in [5, 5.41) is 9.00. The van der Waals surface area contributed by atoms with Crippen LogP contribution in [0.15, 0.2) is 36.4 Å². The van der Waals surface area contributed by atoms with Gasteiger partial charge in [0, 0.05) is 16.7 Å². The van der Waals surface area contributed by atoms with E-state index in [0.717, 1.165) is 0 Å². The molecular weight excluding hydrogens is 272 g/mol. The third kappa shape index (κ3) is 1.82. The summed E-state index contributed by atoms with van der Waals surface area (Å²) >= 11 is 0. The summed E-state index contributed by atoms with van der Waals surface area (Å²) in [7, 11) is 1.43. The van der Waals surface area contributed by atoms with Crippen LogP contribution in [-0.4, -0.2) is 29.8 Å². The Labute approximate surface area is 119 Å². The van der Waals surface area contributed by atoms with E-state index in [1.165, 1.54) is 31.4 Å². The summed E-state index contributed by atoms with van der Waals surface area (Å²) in [6.45, 7) is 0. The maximum atomic E-state index is 12.5. The molecule has 1 aliphatic rings. The Bertz CT molecular complexity index is 804. The Kier molecular flexibility index (Phi) is 2.83. The highest BCUT2D eigenvalue weighted by atomic mass is 16.5. The van der Waals surface area contributed by atoms with Gasteiger partial charge in [0.1, 0.15) is 5.75 Å². The molecule has 0 atom stereocenters. The molecule has 1 N–H and O–H groups in total. The molecule has 0 bridgehead atoms. The van der Waals surface area contributed by atoms with Crippen LogP contribution in [0.1, 0.15) is 42.2 Å². The summed E-state index contributed by atoms with van der Waals surface area (Å²) in [6, 6.07) is 8.69. The van der Waals surface area contributed by atoms with Crippen molar-refractivity contribution in [2.24, 2.45) is 0 Å². The van der Waals surface area contributed by atoms with Gasteiger partial charge in [-0.25, -0.2) is 4.79 Å². The largest absolute Gasteiger partial charge is 0.496 e. The van der Waals surface area contributed by atoms with Gasteiger partial charge in [0.2, 0.25) is 0 Å². The molecule has 0 radical (unpaired) electrons. The minimum Gasteiger partial charge on any atom is -0.496 e. The lowest BCUT2D eigenvalue weighted by Gasteiger charge is -2.19. The van der Waals surface area contributed by atoms with Crippen LogP contribution in [0.4, 0.5) is 0 Å². The van der Waals surface area contributed by atoms with Crippen molar-refractivity contribution in [1.29, 1.82) is 0 Å². The van der Waals surface area contributed by atoms with Crippen LogP contribution in [0, 0.1) is 0 Å². The van der Waals surface area contributed by atoms with Crippen molar-refractivity contribution < 1.29 is 24.2 Å². The average molecular weight is 282 g/mol. The first kappa shape index (κ1) is 13.1. The quantitative estimate of drug-likeness (QED) is 0.779. The second kappa shape index (κ2) is 4.56. The van der Waals surface area contributed by atoms with Crippen molar-refractivity contribution in [3.05, 3.63) is 64.2 Å². The zero-order valence-electron chi connectivity index (χ0n) is 11.0. The van der Waals surface area contributed by atoms with Gasteiger partial charge in [-0.2, -0.15) is 0 Å². The van der Waals surface area contributed by atoms with Gasteiger partial charge in [0.15, 0.2) is 11.6 Å². The first-order chi connectivity index (χ1) is 10.0. The van der Waals surface area contributed by atoms with E-state index in [2.05, 4.69) is 0 Å². The zero-order valence-corrected chi connectivity index (χ0v) is 11.0. The van der Waals surface area contributed by atoms with Crippen molar-refractivity contribution in [2.75, 3.05) is 7.11 Å². The predicted molar refractivity (Wildman–Crippen MR) is 73.3 cm³/mol. The molecule has 5 heteroatoms. The number of benzene rings is 2. The van der Waals surface area contributed by atoms with Crippen molar-refractivity contribution >= 4 is 17.5 Å². The van der Waals surface area contributed by atoms with Crippen molar-refractivity contribution in [3.8, 4) is 5.75 Å². The van der Waals surface area contributed by atoms with E-state index in [-0.39, 0.29) is 39.4 Å². The molecule has 0 amide bonds.